The molecule has 0 saturated carbocycles. The summed E-state index contributed by atoms with van der Waals surface area (Å²) in [6.07, 6.45) is 2.96. The van der Waals surface area contributed by atoms with Crippen molar-refractivity contribution < 1.29 is 0 Å². The van der Waals surface area contributed by atoms with E-state index in [1.54, 1.807) is 16.0 Å². The zero-order valence-electron chi connectivity index (χ0n) is 12.6. The second-order valence-electron chi connectivity index (χ2n) is 4.86. The molecule has 0 spiro atoms. The fraction of sp³-hybridized carbons (Fsp3) is 0.357. The number of anilines is 3. The van der Waals surface area contributed by atoms with E-state index in [2.05, 4.69) is 38.7 Å². The van der Waals surface area contributed by atoms with E-state index in [0.717, 1.165) is 33.8 Å². The van der Waals surface area contributed by atoms with Crippen LogP contribution in [0.4, 0.5) is 17.5 Å². The Balaban J connectivity index is 2.11. The molecule has 3 rings (SSSR count). The number of nitrogens with one attached hydrogen (secondary N) is 2. The number of hydrogen-bond donors (Lipinski definition) is 2. The van der Waals surface area contributed by atoms with Gasteiger partial charge in [-0.15, -0.1) is 11.3 Å². The molecular formula is C14H18N6S. The van der Waals surface area contributed by atoms with E-state index in [1.165, 1.54) is 4.88 Å². The van der Waals surface area contributed by atoms with Gasteiger partial charge in [0.25, 0.3) is 0 Å². The standard InChI is InChI=1S/C14H18N6S/c1-5-9-6-10-12(16-11-7-20(4)19-8(11)2)17-14(15-3)18-13(10)21-9/h6-7H,5H2,1-4H3,(H2,15,16,17,18). The van der Waals surface area contributed by atoms with Crippen LogP contribution in [0.1, 0.15) is 17.5 Å². The van der Waals surface area contributed by atoms with Gasteiger partial charge in [0.05, 0.1) is 16.8 Å². The SMILES string of the molecule is CCc1cc2c(Nc3cn(C)nc3C)nc(NC)nc2s1. The second-order valence-corrected chi connectivity index (χ2v) is 5.97. The highest BCUT2D eigenvalue weighted by Gasteiger charge is 2.13. The highest BCUT2D eigenvalue weighted by atomic mass is 32.1. The molecule has 0 amide bonds. The Hall–Kier alpha value is -2.15. The molecule has 110 valence electrons. The van der Waals surface area contributed by atoms with Gasteiger partial charge in [0.2, 0.25) is 5.95 Å². The second kappa shape index (κ2) is 5.33. The lowest BCUT2D eigenvalue weighted by atomic mass is 10.3. The van der Waals surface area contributed by atoms with E-state index >= 15 is 0 Å². The molecule has 0 aliphatic carbocycles. The predicted molar refractivity (Wildman–Crippen MR) is 87.6 cm³/mol. The molecule has 0 aromatic carbocycles. The Labute approximate surface area is 127 Å². The summed E-state index contributed by atoms with van der Waals surface area (Å²) >= 11 is 1.71. The number of hydrogen-bond acceptors (Lipinski definition) is 6. The molecule has 3 heterocycles. The normalized spacial score (nSPS) is 11.0. The zero-order chi connectivity index (χ0) is 15.0. The van der Waals surface area contributed by atoms with Crippen LogP contribution in [0.15, 0.2) is 12.3 Å². The molecule has 3 aromatic heterocycles. The molecule has 0 unspecified atom stereocenters. The van der Waals surface area contributed by atoms with Gasteiger partial charge in [-0.25, -0.2) is 4.98 Å². The van der Waals surface area contributed by atoms with Gasteiger partial charge in [-0.1, -0.05) is 6.92 Å². The maximum absolute atomic E-state index is 4.55. The molecule has 0 atom stereocenters. The first-order valence-electron chi connectivity index (χ1n) is 6.86. The first kappa shape index (κ1) is 13.8. The van der Waals surface area contributed by atoms with Crippen molar-refractivity contribution in [1.82, 2.24) is 19.7 Å². The predicted octanol–water partition coefficient (Wildman–Crippen LogP) is 3.08. The van der Waals surface area contributed by atoms with E-state index in [4.69, 9.17) is 0 Å². The maximum Gasteiger partial charge on any atom is 0.225 e. The molecule has 0 aliphatic rings. The number of fused-ring (bicyclic) bond motifs is 1. The summed E-state index contributed by atoms with van der Waals surface area (Å²) in [5.74, 6) is 1.44. The van der Waals surface area contributed by atoms with Crippen LogP contribution in [-0.2, 0) is 13.5 Å². The third kappa shape index (κ3) is 2.56. The molecule has 0 radical (unpaired) electrons. The van der Waals surface area contributed by atoms with Gasteiger partial charge in [-0.3, -0.25) is 4.68 Å². The van der Waals surface area contributed by atoms with Gasteiger partial charge in [-0.2, -0.15) is 10.1 Å². The minimum atomic E-state index is 0.621. The first-order valence-corrected chi connectivity index (χ1v) is 7.67. The van der Waals surface area contributed by atoms with Crippen LogP contribution >= 0.6 is 11.3 Å². The topological polar surface area (TPSA) is 67.7 Å². The smallest absolute Gasteiger partial charge is 0.225 e. The van der Waals surface area contributed by atoms with Gasteiger partial charge in [-0.05, 0) is 19.4 Å². The van der Waals surface area contributed by atoms with E-state index in [1.807, 2.05) is 27.2 Å². The Morgan fingerprint density at radius 1 is 1.33 bits per heavy atom. The number of aryl methyl sites for hydroxylation is 3. The Bertz CT molecular complexity index is 788. The summed E-state index contributed by atoms with van der Waals surface area (Å²) in [5, 5.41) is 11.8. The van der Waals surface area contributed by atoms with Crippen molar-refractivity contribution in [2.75, 3.05) is 17.7 Å². The molecule has 21 heavy (non-hydrogen) atoms. The van der Waals surface area contributed by atoms with Crippen molar-refractivity contribution in [3.63, 3.8) is 0 Å². The minimum absolute atomic E-state index is 0.621. The molecule has 3 aromatic rings. The van der Waals surface area contributed by atoms with Crippen LogP contribution in [0.5, 0.6) is 0 Å². The third-order valence-corrected chi connectivity index (χ3v) is 4.46. The Kier molecular flexibility index (Phi) is 3.50. The monoisotopic (exact) mass is 302 g/mol. The fourth-order valence-corrected chi connectivity index (χ4v) is 3.17. The summed E-state index contributed by atoms with van der Waals surface area (Å²) in [5.41, 5.74) is 1.91. The number of thiophene rings is 1. The lowest BCUT2D eigenvalue weighted by Gasteiger charge is -2.07. The highest BCUT2D eigenvalue weighted by molar-refractivity contribution is 7.18. The molecule has 2 N–H and O–H groups in total. The van der Waals surface area contributed by atoms with E-state index in [9.17, 15) is 0 Å². The Morgan fingerprint density at radius 3 is 2.76 bits per heavy atom. The number of nitrogens with zero attached hydrogens (tertiary/aromatic N) is 4. The van der Waals surface area contributed by atoms with Gasteiger partial charge >= 0.3 is 0 Å². The lowest BCUT2D eigenvalue weighted by molar-refractivity contribution is 0.756. The maximum atomic E-state index is 4.55. The summed E-state index contributed by atoms with van der Waals surface area (Å²) in [6.45, 7) is 4.13. The highest BCUT2D eigenvalue weighted by Crippen LogP contribution is 2.32. The van der Waals surface area contributed by atoms with Crippen molar-refractivity contribution in [2.24, 2.45) is 7.05 Å². The molecule has 0 fully saturated rings. The van der Waals surface area contributed by atoms with Crippen LogP contribution in [0, 0.1) is 6.92 Å². The number of rotatable bonds is 4. The quantitative estimate of drug-likeness (QED) is 0.775. The number of aromatic nitrogens is 4. The average Bonchev–Trinajstić information content (AvgIpc) is 3.01. The van der Waals surface area contributed by atoms with Crippen LogP contribution in [0.2, 0.25) is 0 Å². The third-order valence-electron chi connectivity index (χ3n) is 3.28. The molecule has 0 saturated heterocycles. The summed E-state index contributed by atoms with van der Waals surface area (Å²) in [4.78, 5) is 11.4. The van der Waals surface area contributed by atoms with Gasteiger partial charge in [0, 0.05) is 25.2 Å². The van der Waals surface area contributed by atoms with E-state index in [0.29, 0.717) is 5.95 Å². The van der Waals surface area contributed by atoms with E-state index < -0.39 is 0 Å². The molecule has 0 aliphatic heterocycles. The van der Waals surface area contributed by atoms with Crippen molar-refractivity contribution in [3.05, 3.63) is 22.8 Å². The molecule has 7 heteroatoms. The first-order chi connectivity index (χ1) is 10.1. The average molecular weight is 302 g/mol. The van der Waals surface area contributed by atoms with Crippen molar-refractivity contribution in [1.29, 1.82) is 0 Å². The van der Waals surface area contributed by atoms with Crippen LogP contribution < -0.4 is 10.6 Å². The van der Waals surface area contributed by atoms with E-state index in [-0.39, 0.29) is 0 Å². The zero-order valence-corrected chi connectivity index (χ0v) is 13.4. The van der Waals surface area contributed by atoms with Gasteiger partial charge < -0.3 is 10.6 Å². The van der Waals surface area contributed by atoms with Crippen molar-refractivity contribution >= 4 is 39.0 Å². The summed E-state index contributed by atoms with van der Waals surface area (Å²) in [7, 11) is 3.74. The van der Waals surface area contributed by atoms with Gasteiger partial charge in [0.1, 0.15) is 10.6 Å². The molecular weight excluding hydrogens is 284 g/mol. The lowest BCUT2D eigenvalue weighted by Crippen LogP contribution is -2.01. The fourth-order valence-electron chi connectivity index (χ4n) is 2.20. The van der Waals surface area contributed by atoms with Crippen molar-refractivity contribution in [3.8, 4) is 0 Å². The van der Waals surface area contributed by atoms with Crippen LogP contribution in [-0.4, -0.2) is 26.8 Å². The Morgan fingerprint density at radius 2 is 2.14 bits per heavy atom. The van der Waals surface area contributed by atoms with Crippen LogP contribution in [0.25, 0.3) is 10.2 Å². The molecule has 0 bridgehead atoms. The van der Waals surface area contributed by atoms with Crippen molar-refractivity contribution in [2.45, 2.75) is 20.3 Å². The summed E-state index contributed by atoms with van der Waals surface area (Å²) in [6, 6.07) is 2.16. The summed E-state index contributed by atoms with van der Waals surface area (Å²) < 4.78 is 1.79. The van der Waals surface area contributed by atoms with Crippen LogP contribution in [0.3, 0.4) is 0 Å². The molecule has 6 nitrogen and oxygen atoms in total. The largest absolute Gasteiger partial charge is 0.357 e. The minimum Gasteiger partial charge on any atom is -0.357 e. The van der Waals surface area contributed by atoms with Gasteiger partial charge in [0.15, 0.2) is 0 Å².